The second kappa shape index (κ2) is 9.17. The van der Waals surface area contributed by atoms with Crippen molar-refractivity contribution in [2.24, 2.45) is 0 Å². The molecule has 1 N–H and O–H groups in total. The van der Waals surface area contributed by atoms with Gasteiger partial charge in [0.05, 0.1) is 0 Å². The number of aromatic nitrogens is 1. The van der Waals surface area contributed by atoms with Gasteiger partial charge in [-0.3, -0.25) is 0 Å². The number of para-hydroxylation sites is 2. The van der Waals surface area contributed by atoms with Crippen LogP contribution in [0, 0.1) is 0 Å². The monoisotopic (exact) mass is 435 g/mol. The molecule has 0 radical (unpaired) electrons. The van der Waals surface area contributed by atoms with Crippen LogP contribution in [0.5, 0.6) is 0 Å². The molecule has 0 spiro atoms. The lowest BCUT2D eigenvalue weighted by molar-refractivity contribution is 1.55. The fourth-order valence-corrected chi connectivity index (χ4v) is 5.19. The van der Waals surface area contributed by atoms with Crippen LogP contribution in [-0.4, -0.2) is 4.98 Å². The minimum absolute atomic E-state index is 1.21. The second-order valence-electron chi connectivity index (χ2n) is 7.13. The molecule has 0 fully saturated rings. The van der Waals surface area contributed by atoms with Crippen molar-refractivity contribution in [2.45, 2.75) is 0 Å². The predicted molar refractivity (Wildman–Crippen MR) is 139 cm³/mol. The van der Waals surface area contributed by atoms with Gasteiger partial charge in [-0.15, -0.1) is 22.7 Å². The number of nitrogens with one attached hydrogen (secondary N) is 1. The molecule has 4 aromatic carbocycles. The molecule has 3 heteroatoms. The van der Waals surface area contributed by atoms with Crippen LogP contribution in [0.1, 0.15) is 0 Å². The van der Waals surface area contributed by atoms with Crippen LogP contribution in [0.4, 0.5) is 0 Å². The fraction of sp³-hybridized carbons (Fsp3) is 0. The van der Waals surface area contributed by atoms with Crippen molar-refractivity contribution >= 4 is 64.7 Å². The Balaban J connectivity index is 0.000000102. The first-order chi connectivity index (χ1) is 15.4. The summed E-state index contributed by atoms with van der Waals surface area (Å²) in [4.78, 5) is 3.38. The maximum Gasteiger partial charge on any atom is 0.0464 e. The topological polar surface area (TPSA) is 15.8 Å². The van der Waals surface area contributed by atoms with Gasteiger partial charge in [0, 0.05) is 31.2 Å². The normalized spacial score (nSPS) is 10.6. The molecule has 150 valence electrons. The molecular formula is C28H21NS2. The molecule has 0 aliphatic carbocycles. The van der Waals surface area contributed by atoms with E-state index in [0.717, 1.165) is 0 Å². The first-order valence-corrected chi connectivity index (χ1v) is 11.9. The Hall–Kier alpha value is -3.40. The van der Waals surface area contributed by atoms with Gasteiger partial charge >= 0.3 is 0 Å². The number of fused-ring (bicyclic) bond motifs is 5. The van der Waals surface area contributed by atoms with Crippen molar-refractivity contribution in [3.8, 4) is 0 Å². The first-order valence-electron chi connectivity index (χ1n) is 10.2. The van der Waals surface area contributed by atoms with Gasteiger partial charge in [0.15, 0.2) is 0 Å². The van der Waals surface area contributed by atoms with Gasteiger partial charge in [-0.05, 0) is 57.9 Å². The number of rotatable bonds is 0. The lowest BCUT2D eigenvalue weighted by Crippen LogP contribution is -1.62. The summed E-state index contributed by atoms with van der Waals surface area (Å²) in [5.74, 6) is 0. The van der Waals surface area contributed by atoms with Gasteiger partial charge in [-0.2, -0.15) is 0 Å². The Bertz CT molecular complexity index is 1370. The van der Waals surface area contributed by atoms with Gasteiger partial charge in [0.2, 0.25) is 0 Å². The minimum Gasteiger partial charge on any atom is -0.355 e. The average molecular weight is 436 g/mol. The molecule has 7 aromatic rings. The highest BCUT2D eigenvalue weighted by Crippen LogP contribution is 2.24. The molecule has 0 amide bonds. The molecule has 0 saturated heterocycles. The highest BCUT2D eigenvalue weighted by Gasteiger charge is 2.00. The molecule has 7 rings (SSSR count). The SMILES string of the molecule is c1ccc2c(c1)[nH]c1ccccc12.c1ccc2sccc2c1.c1ccc2sccc2c1. The van der Waals surface area contributed by atoms with E-state index in [9.17, 15) is 0 Å². The summed E-state index contributed by atoms with van der Waals surface area (Å²) < 4.78 is 2.75. The zero-order valence-electron chi connectivity index (χ0n) is 16.9. The first kappa shape index (κ1) is 19.6. The molecule has 0 saturated carbocycles. The van der Waals surface area contributed by atoms with Gasteiger partial charge in [0.1, 0.15) is 0 Å². The van der Waals surface area contributed by atoms with Crippen molar-refractivity contribution in [1.82, 2.24) is 4.98 Å². The number of thiophene rings is 2. The Labute approximate surface area is 189 Å². The van der Waals surface area contributed by atoms with Crippen LogP contribution in [0.2, 0.25) is 0 Å². The Morgan fingerprint density at radius 3 is 1.32 bits per heavy atom. The lowest BCUT2D eigenvalue weighted by atomic mass is 10.2. The summed E-state index contributed by atoms with van der Waals surface area (Å²) in [6.45, 7) is 0. The quantitative estimate of drug-likeness (QED) is 0.244. The summed E-state index contributed by atoms with van der Waals surface area (Å²) in [5, 5.41) is 9.54. The zero-order valence-corrected chi connectivity index (χ0v) is 18.5. The van der Waals surface area contributed by atoms with Crippen molar-refractivity contribution < 1.29 is 0 Å². The van der Waals surface area contributed by atoms with Crippen molar-refractivity contribution in [3.63, 3.8) is 0 Å². The molecule has 3 aromatic heterocycles. The maximum absolute atomic E-state index is 3.38. The summed E-state index contributed by atoms with van der Waals surface area (Å²) in [5.41, 5.74) is 2.42. The maximum atomic E-state index is 3.38. The third-order valence-corrected chi connectivity index (χ3v) is 6.93. The Morgan fingerprint density at radius 1 is 0.419 bits per heavy atom. The molecule has 0 bridgehead atoms. The summed E-state index contributed by atoms with van der Waals surface area (Å²) >= 11 is 3.57. The largest absolute Gasteiger partial charge is 0.355 e. The van der Waals surface area contributed by atoms with E-state index in [2.05, 4.69) is 125 Å². The third kappa shape index (κ3) is 4.38. The van der Waals surface area contributed by atoms with Crippen LogP contribution in [0.3, 0.4) is 0 Å². The highest BCUT2D eigenvalue weighted by molar-refractivity contribution is 7.17. The van der Waals surface area contributed by atoms with Gasteiger partial charge in [-0.25, -0.2) is 0 Å². The van der Waals surface area contributed by atoms with Crippen molar-refractivity contribution in [3.05, 3.63) is 120 Å². The molecule has 0 atom stereocenters. The number of aromatic amines is 1. The van der Waals surface area contributed by atoms with E-state index >= 15 is 0 Å². The Kier molecular flexibility index (Phi) is 5.79. The smallest absolute Gasteiger partial charge is 0.0464 e. The van der Waals surface area contributed by atoms with E-state index in [0.29, 0.717) is 0 Å². The van der Waals surface area contributed by atoms with Gasteiger partial charge in [0.25, 0.3) is 0 Å². The molecule has 3 heterocycles. The van der Waals surface area contributed by atoms with Crippen LogP contribution in [-0.2, 0) is 0 Å². The van der Waals surface area contributed by atoms with Crippen LogP contribution in [0.25, 0.3) is 42.0 Å². The molecule has 1 nitrogen and oxygen atoms in total. The number of H-pyrrole nitrogens is 1. The van der Waals surface area contributed by atoms with Crippen molar-refractivity contribution in [2.75, 3.05) is 0 Å². The predicted octanol–water partition coefficient (Wildman–Crippen LogP) is 9.12. The summed E-state index contributed by atoms with van der Waals surface area (Å²) in [6.07, 6.45) is 0. The van der Waals surface area contributed by atoms with Crippen LogP contribution in [0.15, 0.2) is 120 Å². The molecule has 0 aliphatic heterocycles. The van der Waals surface area contributed by atoms with Gasteiger partial charge in [-0.1, -0.05) is 72.8 Å². The van der Waals surface area contributed by atoms with E-state index < -0.39 is 0 Å². The number of hydrogen-bond donors (Lipinski definition) is 1. The molecule has 0 unspecified atom stereocenters. The summed E-state index contributed by atoms with van der Waals surface area (Å²) in [7, 11) is 0. The highest BCUT2D eigenvalue weighted by atomic mass is 32.1. The standard InChI is InChI=1S/C12H9N.2C8H6S/c1-3-7-11-9(5-1)10-6-2-4-8-12(10)13-11;2*1-2-4-8-7(3-1)5-6-9-8/h1-8,13H;2*1-6H. The lowest BCUT2D eigenvalue weighted by Gasteiger charge is -1.87. The van der Waals surface area contributed by atoms with Crippen LogP contribution >= 0.6 is 22.7 Å². The van der Waals surface area contributed by atoms with E-state index in [1.807, 2.05) is 0 Å². The zero-order chi connectivity index (χ0) is 20.9. The average Bonchev–Trinajstić information content (AvgIpc) is 3.57. The van der Waals surface area contributed by atoms with E-state index in [4.69, 9.17) is 0 Å². The van der Waals surface area contributed by atoms with E-state index in [1.54, 1.807) is 22.7 Å². The van der Waals surface area contributed by atoms with E-state index in [-0.39, 0.29) is 0 Å². The molecular weight excluding hydrogens is 414 g/mol. The Morgan fingerprint density at radius 2 is 0.839 bits per heavy atom. The van der Waals surface area contributed by atoms with Crippen molar-refractivity contribution in [1.29, 1.82) is 0 Å². The fourth-order valence-electron chi connectivity index (χ4n) is 3.61. The third-order valence-electron chi connectivity index (χ3n) is 5.14. The van der Waals surface area contributed by atoms with E-state index in [1.165, 1.54) is 42.0 Å². The van der Waals surface area contributed by atoms with Gasteiger partial charge < -0.3 is 4.98 Å². The number of hydrogen-bond acceptors (Lipinski definition) is 2. The van der Waals surface area contributed by atoms with Crippen LogP contribution < -0.4 is 0 Å². The summed E-state index contributed by atoms with van der Waals surface area (Å²) in [6, 6.07) is 37.8. The number of benzene rings is 4. The molecule has 31 heavy (non-hydrogen) atoms. The minimum atomic E-state index is 1.21. The second-order valence-corrected chi connectivity index (χ2v) is 9.03. The molecule has 0 aliphatic rings.